The number of aromatic amines is 1. The Morgan fingerprint density at radius 1 is 1.25 bits per heavy atom. The van der Waals surface area contributed by atoms with E-state index in [2.05, 4.69) is 31.1 Å². The summed E-state index contributed by atoms with van der Waals surface area (Å²) >= 11 is 3.47. The second kappa shape index (κ2) is 6.84. The van der Waals surface area contributed by atoms with E-state index < -0.39 is 5.91 Å². The summed E-state index contributed by atoms with van der Waals surface area (Å²) in [6.45, 7) is 1.70. The molecule has 0 saturated carbocycles. The number of para-hydroxylation sites is 1. The van der Waals surface area contributed by atoms with Crippen molar-refractivity contribution in [1.82, 2.24) is 4.98 Å². The number of hydrogen-bond donors (Lipinski definition) is 2. The molecule has 1 heterocycles. The molecule has 1 amide bonds. The van der Waals surface area contributed by atoms with Crippen molar-refractivity contribution in [2.24, 2.45) is 10.2 Å². The predicted molar refractivity (Wildman–Crippen MR) is 93.9 cm³/mol. The zero-order chi connectivity index (χ0) is 17.1. The van der Waals surface area contributed by atoms with Crippen molar-refractivity contribution in [3.63, 3.8) is 0 Å². The molecule has 0 atom stereocenters. The average molecular weight is 388 g/mol. The van der Waals surface area contributed by atoms with Gasteiger partial charge < -0.3 is 14.8 Å². The van der Waals surface area contributed by atoms with E-state index in [1.807, 2.05) is 37.3 Å². The molecule has 2 N–H and O–H groups in total. The van der Waals surface area contributed by atoms with Gasteiger partial charge in [-0.15, -0.1) is 10.2 Å². The Morgan fingerprint density at radius 3 is 2.75 bits per heavy atom. The second-order valence-electron chi connectivity index (χ2n) is 5.14. The Hall–Kier alpha value is -2.67. The minimum atomic E-state index is -0.545. The van der Waals surface area contributed by atoms with E-state index in [1.54, 1.807) is 12.1 Å². The van der Waals surface area contributed by atoms with Gasteiger partial charge in [-0.2, -0.15) is 0 Å². The molecule has 0 saturated heterocycles. The molecule has 3 rings (SSSR count). The molecule has 24 heavy (non-hydrogen) atoms. The standard InChI is InChI=1S/C17H14BrN3O3/c1-10-7-8-12-14(15(10)18)16(17(23)19-12)21-20-13(22)9-24-11-5-3-2-4-6-11/h2-8,19,23H,9H2,1H3. The SMILES string of the molecule is Cc1ccc2[nH]c(O)c(N=NC(=O)COc3ccccc3)c2c1Br. The summed E-state index contributed by atoms with van der Waals surface area (Å²) in [6, 6.07) is 12.7. The number of carbonyl (C=O) groups is 1. The molecule has 6 nitrogen and oxygen atoms in total. The van der Waals surface area contributed by atoms with Crippen molar-refractivity contribution in [2.45, 2.75) is 6.92 Å². The van der Waals surface area contributed by atoms with E-state index in [9.17, 15) is 9.90 Å². The fourth-order valence-corrected chi connectivity index (χ4v) is 2.75. The van der Waals surface area contributed by atoms with Crippen molar-refractivity contribution in [1.29, 1.82) is 0 Å². The van der Waals surface area contributed by atoms with Crippen LogP contribution in [0.4, 0.5) is 5.69 Å². The number of azo groups is 1. The summed E-state index contributed by atoms with van der Waals surface area (Å²) in [7, 11) is 0. The van der Waals surface area contributed by atoms with Gasteiger partial charge in [-0.3, -0.25) is 4.79 Å². The van der Waals surface area contributed by atoms with Crippen LogP contribution in [-0.4, -0.2) is 22.6 Å². The maximum Gasteiger partial charge on any atom is 0.302 e. The van der Waals surface area contributed by atoms with Gasteiger partial charge in [0.25, 0.3) is 0 Å². The molecule has 0 aliphatic carbocycles. The van der Waals surface area contributed by atoms with Crippen LogP contribution in [0.2, 0.25) is 0 Å². The molecule has 122 valence electrons. The van der Waals surface area contributed by atoms with Gasteiger partial charge in [0.1, 0.15) is 5.75 Å². The van der Waals surface area contributed by atoms with Crippen molar-refractivity contribution in [2.75, 3.05) is 6.61 Å². The number of aryl methyl sites for hydroxylation is 1. The third-order valence-corrected chi connectivity index (χ3v) is 4.44. The number of benzene rings is 2. The quantitative estimate of drug-likeness (QED) is 0.639. The number of amides is 1. The highest BCUT2D eigenvalue weighted by molar-refractivity contribution is 9.10. The number of rotatable bonds is 4. The smallest absolute Gasteiger partial charge is 0.302 e. The Kier molecular flexibility index (Phi) is 4.61. The van der Waals surface area contributed by atoms with Crippen LogP contribution < -0.4 is 4.74 Å². The summed E-state index contributed by atoms with van der Waals surface area (Å²) in [5.74, 6) is -0.109. The van der Waals surface area contributed by atoms with E-state index >= 15 is 0 Å². The van der Waals surface area contributed by atoms with Crippen molar-refractivity contribution < 1.29 is 14.6 Å². The minimum absolute atomic E-state index is 0.142. The summed E-state index contributed by atoms with van der Waals surface area (Å²) in [4.78, 5) is 14.6. The van der Waals surface area contributed by atoms with Crippen LogP contribution >= 0.6 is 15.9 Å². The summed E-state index contributed by atoms with van der Waals surface area (Å²) < 4.78 is 6.11. The van der Waals surface area contributed by atoms with E-state index in [1.165, 1.54) is 0 Å². The first-order valence-electron chi connectivity index (χ1n) is 7.18. The Morgan fingerprint density at radius 2 is 2.00 bits per heavy atom. The molecule has 0 fully saturated rings. The summed E-state index contributed by atoms with van der Waals surface area (Å²) in [5.41, 5.74) is 1.90. The molecule has 0 aliphatic heterocycles. The third-order valence-electron chi connectivity index (χ3n) is 3.42. The summed E-state index contributed by atoms with van der Waals surface area (Å²) in [5, 5.41) is 18.2. The number of nitrogens with zero attached hydrogens (tertiary/aromatic N) is 2. The lowest BCUT2D eigenvalue weighted by molar-refractivity contribution is -0.120. The lowest BCUT2D eigenvalue weighted by atomic mass is 10.1. The van der Waals surface area contributed by atoms with Gasteiger partial charge in [0.2, 0.25) is 5.88 Å². The van der Waals surface area contributed by atoms with Gasteiger partial charge in [0.05, 0.1) is 5.52 Å². The molecular weight excluding hydrogens is 374 g/mol. The third kappa shape index (κ3) is 3.30. The molecule has 3 aromatic rings. The topological polar surface area (TPSA) is 87.0 Å². The monoisotopic (exact) mass is 387 g/mol. The van der Waals surface area contributed by atoms with Crippen LogP contribution in [0.25, 0.3) is 10.9 Å². The van der Waals surface area contributed by atoms with E-state index in [4.69, 9.17) is 4.74 Å². The molecule has 2 aromatic carbocycles. The lowest BCUT2D eigenvalue weighted by Crippen LogP contribution is -2.07. The normalized spacial score (nSPS) is 11.2. The first-order valence-corrected chi connectivity index (χ1v) is 7.97. The highest BCUT2D eigenvalue weighted by Crippen LogP contribution is 2.40. The maximum atomic E-state index is 11.8. The molecular formula is C17H14BrN3O3. The number of hydrogen-bond acceptors (Lipinski definition) is 4. The van der Waals surface area contributed by atoms with Crippen molar-refractivity contribution in [3.8, 4) is 11.6 Å². The molecule has 1 aromatic heterocycles. The number of carbonyl (C=O) groups excluding carboxylic acids is 1. The highest BCUT2D eigenvalue weighted by atomic mass is 79.9. The van der Waals surface area contributed by atoms with Gasteiger partial charge in [0.15, 0.2) is 12.3 Å². The summed E-state index contributed by atoms with van der Waals surface area (Å²) in [6.07, 6.45) is 0. The maximum absolute atomic E-state index is 11.8. The van der Waals surface area contributed by atoms with Crippen molar-refractivity contribution in [3.05, 3.63) is 52.5 Å². The Bertz CT molecular complexity index is 920. The van der Waals surface area contributed by atoms with Crippen LogP contribution in [0.5, 0.6) is 11.6 Å². The first-order chi connectivity index (χ1) is 11.6. The number of ether oxygens (including phenoxy) is 1. The fourth-order valence-electron chi connectivity index (χ4n) is 2.21. The van der Waals surface area contributed by atoms with Gasteiger partial charge in [-0.05, 0) is 46.6 Å². The highest BCUT2D eigenvalue weighted by Gasteiger charge is 2.15. The Labute approximate surface area is 146 Å². The van der Waals surface area contributed by atoms with E-state index in [0.717, 1.165) is 10.0 Å². The first kappa shape index (κ1) is 16.2. The second-order valence-corrected chi connectivity index (χ2v) is 5.93. The van der Waals surface area contributed by atoms with Gasteiger partial charge >= 0.3 is 5.91 Å². The van der Waals surface area contributed by atoms with Crippen LogP contribution in [0.15, 0.2) is 57.2 Å². The predicted octanol–water partition coefficient (Wildman–Crippen LogP) is 4.63. The fraction of sp³-hybridized carbons (Fsp3) is 0.118. The lowest BCUT2D eigenvalue weighted by Gasteiger charge is -2.02. The number of aromatic hydroxyl groups is 1. The van der Waals surface area contributed by atoms with Crippen LogP contribution in [0.1, 0.15) is 5.56 Å². The molecule has 0 aliphatic rings. The Balaban J connectivity index is 1.79. The van der Waals surface area contributed by atoms with Gasteiger partial charge in [-0.25, -0.2) is 0 Å². The van der Waals surface area contributed by atoms with Crippen molar-refractivity contribution >= 4 is 38.4 Å². The molecule has 0 bridgehead atoms. The van der Waals surface area contributed by atoms with Crippen LogP contribution in [0.3, 0.4) is 0 Å². The average Bonchev–Trinajstić information content (AvgIpc) is 2.91. The zero-order valence-corrected chi connectivity index (χ0v) is 14.4. The molecule has 0 radical (unpaired) electrons. The number of H-pyrrole nitrogens is 1. The van der Waals surface area contributed by atoms with E-state index in [0.29, 0.717) is 16.7 Å². The number of nitrogens with one attached hydrogen (secondary N) is 1. The largest absolute Gasteiger partial charge is 0.493 e. The van der Waals surface area contributed by atoms with Crippen LogP contribution in [-0.2, 0) is 4.79 Å². The molecule has 0 spiro atoms. The van der Waals surface area contributed by atoms with Crippen LogP contribution in [0, 0.1) is 6.92 Å². The minimum Gasteiger partial charge on any atom is -0.493 e. The molecule has 0 unspecified atom stereocenters. The number of aromatic nitrogens is 1. The molecule has 7 heteroatoms. The zero-order valence-electron chi connectivity index (χ0n) is 12.8. The van der Waals surface area contributed by atoms with E-state index in [-0.39, 0.29) is 18.2 Å². The van der Waals surface area contributed by atoms with Gasteiger partial charge in [-0.1, -0.05) is 24.3 Å². The van der Waals surface area contributed by atoms with Gasteiger partial charge in [0, 0.05) is 9.86 Å². The number of halogens is 1. The number of fused-ring (bicyclic) bond motifs is 1.